The topological polar surface area (TPSA) is 88.2 Å². The van der Waals surface area contributed by atoms with Gasteiger partial charge in [-0.15, -0.1) is 5.10 Å². The van der Waals surface area contributed by atoms with E-state index in [0.29, 0.717) is 17.9 Å². The van der Waals surface area contributed by atoms with Crippen molar-refractivity contribution in [2.45, 2.75) is 32.7 Å². The number of hydrogen-bond donors (Lipinski definition) is 2. The first kappa shape index (κ1) is 17.7. The number of aromatic carboxylic acids is 1. The summed E-state index contributed by atoms with van der Waals surface area (Å²) in [7, 11) is 0. The minimum absolute atomic E-state index is 0.234. The molecule has 6 heteroatoms. The molecule has 0 aliphatic heterocycles. The quantitative estimate of drug-likeness (QED) is 0.748. The van der Waals surface area contributed by atoms with Gasteiger partial charge < -0.3 is 10.2 Å². The Bertz CT molecular complexity index is 938. The van der Waals surface area contributed by atoms with Gasteiger partial charge in [-0.25, -0.2) is 9.48 Å². The van der Waals surface area contributed by atoms with E-state index in [1.54, 1.807) is 22.9 Å². The average molecular weight is 351 g/mol. The van der Waals surface area contributed by atoms with Gasteiger partial charge in [-0.05, 0) is 22.8 Å². The van der Waals surface area contributed by atoms with Crippen molar-refractivity contribution in [3.05, 3.63) is 65.5 Å². The Labute approximate surface area is 151 Å². The van der Waals surface area contributed by atoms with Crippen LogP contribution in [0.5, 0.6) is 6.01 Å². The second-order valence-electron chi connectivity index (χ2n) is 7.19. The Morgan fingerprint density at radius 1 is 1.08 bits per heavy atom. The molecule has 0 saturated carbocycles. The van der Waals surface area contributed by atoms with Crippen LogP contribution in [-0.4, -0.2) is 30.9 Å². The van der Waals surface area contributed by atoms with E-state index >= 15 is 0 Å². The van der Waals surface area contributed by atoms with Crippen LogP contribution in [0.15, 0.2) is 48.5 Å². The van der Waals surface area contributed by atoms with Gasteiger partial charge in [-0.1, -0.05) is 63.2 Å². The van der Waals surface area contributed by atoms with Gasteiger partial charge in [0.2, 0.25) is 0 Å². The fourth-order valence-corrected chi connectivity index (χ4v) is 2.88. The SMILES string of the molecule is CC(C)(C)c1nc(O)nn1Cc1ccc(-c2ccccc2C(=O)O)cc1. The summed E-state index contributed by atoms with van der Waals surface area (Å²) in [6.07, 6.45) is 0. The minimum atomic E-state index is -0.947. The number of aromatic hydroxyl groups is 1. The van der Waals surface area contributed by atoms with Crippen LogP contribution < -0.4 is 0 Å². The monoisotopic (exact) mass is 351 g/mol. The molecular weight excluding hydrogens is 330 g/mol. The van der Waals surface area contributed by atoms with Gasteiger partial charge in [0, 0.05) is 5.41 Å². The normalized spacial score (nSPS) is 11.5. The summed E-state index contributed by atoms with van der Waals surface area (Å²) in [5.74, 6) is -0.243. The molecule has 0 fully saturated rings. The lowest BCUT2D eigenvalue weighted by molar-refractivity contribution is 0.0697. The first-order valence-corrected chi connectivity index (χ1v) is 8.31. The smallest absolute Gasteiger partial charge is 0.336 e. The van der Waals surface area contributed by atoms with E-state index in [2.05, 4.69) is 10.1 Å². The van der Waals surface area contributed by atoms with Crippen molar-refractivity contribution in [3.8, 4) is 17.1 Å². The highest BCUT2D eigenvalue weighted by Gasteiger charge is 2.23. The highest BCUT2D eigenvalue weighted by atomic mass is 16.4. The highest BCUT2D eigenvalue weighted by molar-refractivity contribution is 5.95. The van der Waals surface area contributed by atoms with Gasteiger partial charge in [0.25, 0.3) is 0 Å². The molecule has 0 spiro atoms. The molecular formula is C20H21N3O3. The molecule has 0 radical (unpaired) electrons. The van der Waals surface area contributed by atoms with E-state index in [1.165, 1.54) is 0 Å². The largest absolute Gasteiger partial charge is 0.478 e. The number of rotatable bonds is 4. The second-order valence-corrected chi connectivity index (χ2v) is 7.19. The third-order valence-electron chi connectivity index (χ3n) is 4.09. The summed E-state index contributed by atoms with van der Waals surface area (Å²) < 4.78 is 1.69. The molecule has 1 aromatic heterocycles. The fraction of sp³-hybridized carbons (Fsp3) is 0.250. The van der Waals surface area contributed by atoms with E-state index in [1.807, 2.05) is 51.1 Å². The molecule has 0 saturated heterocycles. The minimum Gasteiger partial charge on any atom is -0.478 e. The number of carboxylic acids is 1. The number of carboxylic acid groups (broad SMARTS) is 1. The summed E-state index contributed by atoms with van der Waals surface area (Å²) in [6, 6.07) is 14.3. The lowest BCUT2D eigenvalue weighted by Crippen LogP contribution is -2.20. The molecule has 3 aromatic rings. The van der Waals surface area contributed by atoms with E-state index in [0.717, 1.165) is 11.1 Å². The Morgan fingerprint density at radius 3 is 2.35 bits per heavy atom. The number of hydrogen-bond acceptors (Lipinski definition) is 4. The lowest BCUT2D eigenvalue weighted by atomic mass is 9.95. The van der Waals surface area contributed by atoms with E-state index in [9.17, 15) is 15.0 Å². The van der Waals surface area contributed by atoms with Crippen molar-refractivity contribution >= 4 is 5.97 Å². The Morgan fingerprint density at radius 2 is 1.73 bits per heavy atom. The average Bonchev–Trinajstić information content (AvgIpc) is 2.96. The van der Waals surface area contributed by atoms with Crippen LogP contribution in [-0.2, 0) is 12.0 Å². The fourth-order valence-electron chi connectivity index (χ4n) is 2.88. The van der Waals surface area contributed by atoms with Crippen LogP contribution >= 0.6 is 0 Å². The lowest BCUT2D eigenvalue weighted by Gasteiger charge is -2.18. The molecule has 26 heavy (non-hydrogen) atoms. The van der Waals surface area contributed by atoms with Gasteiger partial charge >= 0.3 is 12.0 Å². The highest BCUT2D eigenvalue weighted by Crippen LogP contribution is 2.26. The van der Waals surface area contributed by atoms with Crippen LogP contribution in [0.4, 0.5) is 0 Å². The van der Waals surface area contributed by atoms with Gasteiger partial charge in [0.1, 0.15) is 5.82 Å². The number of aromatic nitrogens is 3. The van der Waals surface area contributed by atoms with Gasteiger partial charge in [-0.3, -0.25) is 0 Å². The summed E-state index contributed by atoms with van der Waals surface area (Å²) in [4.78, 5) is 15.5. The van der Waals surface area contributed by atoms with Crippen LogP contribution in [0, 0.1) is 0 Å². The first-order valence-electron chi connectivity index (χ1n) is 8.31. The molecule has 0 atom stereocenters. The maximum atomic E-state index is 11.4. The molecule has 0 bridgehead atoms. The molecule has 134 valence electrons. The predicted molar refractivity (Wildman–Crippen MR) is 98.3 cm³/mol. The third-order valence-corrected chi connectivity index (χ3v) is 4.09. The van der Waals surface area contributed by atoms with Crippen molar-refractivity contribution in [1.29, 1.82) is 0 Å². The third kappa shape index (κ3) is 3.59. The predicted octanol–water partition coefficient (Wildman–Crippen LogP) is 3.69. The first-order chi connectivity index (χ1) is 12.3. The zero-order valence-corrected chi connectivity index (χ0v) is 15.0. The van der Waals surface area contributed by atoms with E-state index in [-0.39, 0.29) is 17.0 Å². The van der Waals surface area contributed by atoms with Crippen molar-refractivity contribution in [2.75, 3.05) is 0 Å². The van der Waals surface area contributed by atoms with Crippen LogP contribution in [0.2, 0.25) is 0 Å². The van der Waals surface area contributed by atoms with Gasteiger partial charge in [0.05, 0.1) is 12.1 Å². The van der Waals surface area contributed by atoms with Crippen LogP contribution in [0.25, 0.3) is 11.1 Å². The number of benzene rings is 2. The van der Waals surface area contributed by atoms with E-state index in [4.69, 9.17) is 0 Å². The molecule has 0 aliphatic carbocycles. The maximum Gasteiger partial charge on any atom is 0.336 e. The van der Waals surface area contributed by atoms with Crippen molar-refractivity contribution in [3.63, 3.8) is 0 Å². The number of carbonyl (C=O) groups is 1. The van der Waals surface area contributed by atoms with Crippen molar-refractivity contribution < 1.29 is 15.0 Å². The van der Waals surface area contributed by atoms with Crippen LogP contribution in [0.1, 0.15) is 42.5 Å². The van der Waals surface area contributed by atoms with Crippen molar-refractivity contribution in [2.24, 2.45) is 0 Å². The summed E-state index contributed by atoms with van der Waals surface area (Å²) >= 11 is 0. The van der Waals surface area contributed by atoms with E-state index < -0.39 is 5.97 Å². The molecule has 2 aromatic carbocycles. The molecule has 6 nitrogen and oxygen atoms in total. The molecule has 3 rings (SSSR count). The second kappa shape index (κ2) is 6.63. The summed E-state index contributed by atoms with van der Waals surface area (Å²) in [5.41, 5.74) is 2.53. The van der Waals surface area contributed by atoms with Gasteiger partial charge in [0.15, 0.2) is 0 Å². The van der Waals surface area contributed by atoms with Crippen molar-refractivity contribution in [1.82, 2.24) is 14.8 Å². The number of nitrogens with zero attached hydrogens (tertiary/aromatic N) is 3. The Hall–Kier alpha value is -3.15. The molecule has 0 aliphatic rings. The zero-order chi connectivity index (χ0) is 18.9. The Kier molecular flexibility index (Phi) is 4.50. The molecule has 1 heterocycles. The zero-order valence-electron chi connectivity index (χ0n) is 15.0. The van der Waals surface area contributed by atoms with Gasteiger partial charge in [-0.2, -0.15) is 4.98 Å². The summed E-state index contributed by atoms with van der Waals surface area (Å²) in [5, 5.41) is 23.1. The molecule has 2 N–H and O–H groups in total. The molecule has 0 unspecified atom stereocenters. The standard InChI is InChI=1S/C20H21N3O3/c1-20(2,3)18-21-19(26)22-23(18)12-13-8-10-14(11-9-13)15-6-4-5-7-16(15)17(24)25/h4-11H,12H2,1-3H3,(H,22,26)(H,24,25). The maximum absolute atomic E-state index is 11.4. The Balaban J connectivity index is 1.90. The van der Waals surface area contributed by atoms with Crippen LogP contribution in [0.3, 0.4) is 0 Å². The molecule has 0 amide bonds. The summed E-state index contributed by atoms with van der Waals surface area (Å²) in [6.45, 7) is 6.51.